The zero-order valence-electron chi connectivity index (χ0n) is 13.8. The van der Waals surface area contributed by atoms with Gasteiger partial charge in [-0.3, -0.25) is 9.78 Å². The number of carbonyl (C=O) groups is 1. The van der Waals surface area contributed by atoms with E-state index in [1.165, 1.54) is 6.07 Å². The van der Waals surface area contributed by atoms with Crippen LogP contribution in [-0.2, 0) is 0 Å². The Hall–Kier alpha value is -2.39. The van der Waals surface area contributed by atoms with Gasteiger partial charge in [0.15, 0.2) is 0 Å². The molecule has 1 heterocycles. The molecule has 0 amide bonds. The molecule has 0 radical (unpaired) electrons. The van der Waals surface area contributed by atoms with Crippen LogP contribution in [0.2, 0.25) is 0 Å². The molecule has 0 saturated carbocycles. The Labute approximate surface area is 164 Å². The van der Waals surface area contributed by atoms with Crippen molar-refractivity contribution < 1.29 is 9.90 Å². The van der Waals surface area contributed by atoms with Gasteiger partial charge in [-0.25, -0.2) is 9.59 Å². The number of anilines is 1. The van der Waals surface area contributed by atoms with E-state index in [1.807, 2.05) is 19.9 Å². The zero-order chi connectivity index (χ0) is 19.6. The number of fused-ring (bicyclic) bond motifs is 1. The van der Waals surface area contributed by atoms with Crippen LogP contribution in [0.15, 0.2) is 42.8 Å². The van der Waals surface area contributed by atoms with Gasteiger partial charge >= 0.3 is 11.7 Å². The number of nitrogens with one attached hydrogen (secondary N) is 2. The van der Waals surface area contributed by atoms with E-state index < -0.39 is 11.7 Å². The number of aromatic nitrogens is 2. The van der Waals surface area contributed by atoms with Crippen molar-refractivity contribution in [2.24, 2.45) is 0 Å². The summed E-state index contributed by atoms with van der Waals surface area (Å²) in [5.74, 6) is -1.01. The van der Waals surface area contributed by atoms with Crippen molar-refractivity contribution in [2.45, 2.75) is 13.8 Å². The van der Waals surface area contributed by atoms with E-state index >= 15 is 0 Å². The van der Waals surface area contributed by atoms with Gasteiger partial charge in [0.1, 0.15) is 0 Å². The Bertz CT molecular complexity index is 1120. The van der Waals surface area contributed by atoms with Crippen LogP contribution in [0.4, 0.5) is 5.69 Å². The summed E-state index contributed by atoms with van der Waals surface area (Å²) in [7, 11) is 0. The Morgan fingerprint density at radius 3 is 2.19 bits per heavy atom. The number of carboxylic acids is 1. The van der Waals surface area contributed by atoms with Gasteiger partial charge in [-0.2, -0.15) is 0 Å². The lowest BCUT2D eigenvalue weighted by molar-refractivity contribution is 0.0698. The average Bonchev–Trinajstić information content (AvgIpc) is 2.56. The first kappa shape index (κ1) is 19.9. The molecule has 0 saturated heterocycles. The number of nitrogens with two attached hydrogens (primary N) is 1. The van der Waals surface area contributed by atoms with Crippen LogP contribution in [0.3, 0.4) is 0 Å². The Balaban J connectivity index is 0.000000190. The van der Waals surface area contributed by atoms with Crippen LogP contribution in [0.25, 0.3) is 10.9 Å². The Morgan fingerprint density at radius 1 is 1.00 bits per heavy atom. The lowest BCUT2D eigenvalue weighted by Crippen LogP contribution is -2.22. The van der Waals surface area contributed by atoms with Crippen LogP contribution >= 0.6 is 31.9 Å². The van der Waals surface area contributed by atoms with E-state index in [-0.39, 0.29) is 16.8 Å². The third kappa shape index (κ3) is 4.05. The Kier molecular flexibility index (Phi) is 6.04. The molecule has 0 spiro atoms. The van der Waals surface area contributed by atoms with Crippen molar-refractivity contribution in [2.75, 3.05) is 5.73 Å². The summed E-state index contributed by atoms with van der Waals surface area (Å²) in [5, 5.41) is 9.15. The van der Waals surface area contributed by atoms with Gasteiger partial charge in [-0.15, -0.1) is 0 Å². The number of carboxylic acid groups (broad SMARTS) is 1. The molecule has 2 aromatic carbocycles. The fourth-order valence-electron chi connectivity index (χ4n) is 2.20. The lowest BCUT2D eigenvalue weighted by Gasteiger charge is -2.05. The number of rotatable bonds is 1. The van der Waals surface area contributed by atoms with E-state index in [0.29, 0.717) is 15.4 Å². The van der Waals surface area contributed by atoms with Gasteiger partial charge in [-0.1, -0.05) is 12.1 Å². The van der Waals surface area contributed by atoms with E-state index in [9.17, 15) is 14.4 Å². The van der Waals surface area contributed by atoms with Crippen LogP contribution in [0.5, 0.6) is 0 Å². The molecule has 3 aromatic rings. The van der Waals surface area contributed by atoms with Crippen LogP contribution in [0, 0.1) is 13.8 Å². The highest BCUT2D eigenvalue weighted by Gasteiger charge is 2.11. The molecule has 0 fully saturated rings. The molecular formula is C17H15Br2N3O4. The SMILES string of the molecule is Cc1ccc(C(=O)O)c(N)c1Br.Cc1ccc2c(=O)[nH]c(=O)[nH]c2c1Br. The summed E-state index contributed by atoms with van der Waals surface area (Å²) in [6.45, 7) is 3.75. The van der Waals surface area contributed by atoms with Gasteiger partial charge in [0.2, 0.25) is 0 Å². The molecule has 0 aliphatic heterocycles. The first-order chi connectivity index (χ1) is 12.1. The molecule has 0 atom stereocenters. The van der Waals surface area contributed by atoms with Crippen molar-refractivity contribution in [1.82, 2.24) is 9.97 Å². The molecule has 9 heteroatoms. The molecule has 5 N–H and O–H groups in total. The number of aromatic carboxylic acids is 1. The molecular weight excluding hydrogens is 470 g/mol. The minimum absolute atomic E-state index is 0.132. The molecule has 7 nitrogen and oxygen atoms in total. The number of aromatic amines is 2. The van der Waals surface area contributed by atoms with Crippen molar-refractivity contribution >= 4 is 54.4 Å². The topological polar surface area (TPSA) is 129 Å². The second-order valence-electron chi connectivity index (χ2n) is 5.49. The summed E-state index contributed by atoms with van der Waals surface area (Å²) in [4.78, 5) is 37.7. The standard InChI is InChI=1S/C9H7BrN2O2.C8H8BrNO2/c1-4-2-3-5-7(6(4)10)11-9(14)12-8(5)13;1-4-2-3-5(8(11)12)7(10)6(4)9/h2-3H,1H3,(H2,11,12,13,14);2-3H,10H2,1H3,(H,11,12). The number of hydrogen-bond acceptors (Lipinski definition) is 4. The van der Waals surface area contributed by atoms with Gasteiger partial charge in [-0.05, 0) is 69.0 Å². The Morgan fingerprint density at radius 2 is 1.58 bits per heavy atom. The van der Waals surface area contributed by atoms with E-state index in [1.54, 1.807) is 12.1 Å². The maximum absolute atomic E-state index is 11.4. The van der Waals surface area contributed by atoms with Crippen LogP contribution < -0.4 is 17.0 Å². The van der Waals surface area contributed by atoms with Crippen molar-refractivity contribution in [3.63, 3.8) is 0 Å². The average molecular weight is 485 g/mol. The molecule has 0 unspecified atom stereocenters. The van der Waals surface area contributed by atoms with Gasteiger partial charge in [0.25, 0.3) is 5.56 Å². The third-order valence-electron chi connectivity index (χ3n) is 3.65. The first-order valence-electron chi connectivity index (χ1n) is 7.32. The van der Waals surface area contributed by atoms with E-state index in [2.05, 4.69) is 41.8 Å². The smallest absolute Gasteiger partial charge is 0.337 e. The maximum Gasteiger partial charge on any atom is 0.337 e. The van der Waals surface area contributed by atoms with Crippen molar-refractivity contribution in [1.29, 1.82) is 0 Å². The van der Waals surface area contributed by atoms with Crippen LogP contribution in [0.1, 0.15) is 21.5 Å². The predicted molar refractivity (Wildman–Crippen MR) is 108 cm³/mol. The number of halogens is 2. The number of benzene rings is 2. The van der Waals surface area contributed by atoms with Crippen LogP contribution in [-0.4, -0.2) is 21.0 Å². The van der Waals surface area contributed by atoms with E-state index in [0.717, 1.165) is 15.6 Å². The van der Waals surface area contributed by atoms with Gasteiger partial charge in [0.05, 0.1) is 22.2 Å². The highest BCUT2D eigenvalue weighted by atomic mass is 79.9. The van der Waals surface area contributed by atoms with Crippen molar-refractivity contribution in [3.05, 3.63) is 70.7 Å². The lowest BCUT2D eigenvalue weighted by atomic mass is 10.1. The molecule has 0 bridgehead atoms. The molecule has 26 heavy (non-hydrogen) atoms. The number of aryl methyl sites for hydroxylation is 2. The molecule has 3 rings (SSSR count). The zero-order valence-corrected chi connectivity index (χ0v) is 17.0. The summed E-state index contributed by atoms with van der Waals surface area (Å²) in [6.07, 6.45) is 0. The second-order valence-corrected chi connectivity index (χ2v) is 7.08. The molecule has 1 aromatic heterocycles. The largest absolute Gasteiger partial charge is 0.478 e. The molecule has 0 aliphatic carbocycles. The van der Waals surface area contributed by atoms with Crippen molar-refractivity contribution in [3.8, 4) is 0 Å². The highest BCUT2D eigenvalue weighted by Crippen LogP contribution is 2.26. The first-order valence-corrected chi connectivity index (χ1v) is 8.91. The summed E-state index contributed by atoms with van der Waals surface area (Å²) >= 11 is 6.54. The fraction of sp³-hybridized carbons (Fsp3) is 0.118. The predicted octanol–water partition coefficient (Wildman–Crippen LogP) is 3.33. The van der Waals surface area contributed by atoms with Gasteiger partial charge < -0.3 is 15.8 Å². The van der Waals surface area contributed by atoms with Gasteiger partial charge in [0, 0.05) is 8.95 Å². The number of H-pyrrole nitrogens is 2. The monoisotopic (exact) mass is 483 g/mol. The second kappa shape index (κ2) is 7.88. The highest BCUT2D eigenvalue weighted by molar-refractivity contribution is 9.11. The normalized spacial score (nSPS) is 10.3. The third-order valence-corrected chi connectivity index (χ3v) is 5.72. The van der Waals surface area contributed by atoms with E-state index in [4.69, 9.17) is 10.8 Å². The number of nitrogen functional groups attached to an aromatic ring is 1. The minimum Gasteiger partial charge on any atom is -0.478 e. The summed E-state index contributed by atoms with van der Waals surface area (Å²) in [6, 6.07) is 6.71. The summed E-state index contributed by atoms with van der Waals surface area (Å²) in [5.41, 5.74) is 7.55. The molecule has 136 valence electrons. The number of hydrogen-bond donors (Lipinski definition) is 4. The fourth-order valence-corrected chi connectivity index (χ4v) is 2.99. The minimum atomic E-state index is -1.01. The summed E-state index contributed by atoms with van der Waals surface area (Å²) < 4.78 is 1.40. The maximum atomic E-state index is 11.4. The quantitative estimate of drug-likeness (QED) is 0.393. The molecule has 0 aliphatic rings.